The minimum absolute atomic E-state index is 0.197. The van der Waals surface area contributed by atoms with Gasteiger partial charge in [0.15, 0.2) is 0 Å². The monoisotopic (exact) mass is 194 g/mol. The van der Waals surface area contributed by atoms with Gasteiger partial charge in [-0.1, -0.05) is 6.07 Å². The molecule has 0 bridgehead atoms. The molecule has 4 nitrogen and oxygen atoms in total. The number of amides is 1. The number of nitrogens with zero attached hydrogens (tertiary/aromatic N) is 1. The Morgan fingerprint density at radius 1 is 1.50 bits per heavy atom. The molecule has 76 valence electrons. The molecular formula is C10H14N2O2. The lowest BCUT2D eigenvalue weighted by molar-refractivity contribution is -0.0757. The Morgan fingerprint density at radius 2 is 2.14 bits per heavy atom. The Balaban J connectivity index is 3.06. The maximum absolute atomic E-state index is 11.7. The zero-order chi connectivity index (χ0) is 10.7. The molecule has 0 radical (unpaired) electrons. The van der Waals surface area contributed by atoms with Gasteiger partial charge in [0.2, 0.25) is 0 Å². The minimum atomic E-state index is -0.197. The third-order valence-corrected chi connectivity index (χ3v) is 2.05. The van der Waals surface area contributed by atoms with Gasteiger partial charge in [0.1, 0.15) is 0 Å². The second kappa shape index (κ2) is 4.11. The van der Waals surface area contributed by atoms with E-state index in [2.05, 4.69) is 0 Å². The Morgan fingerprint density at radius 3 is 2.71 bits per heavy atom. The SMILES string of the molecule is CON(C)C(=O)c1cc(N)ccc1C. The summed E-state index contributed by atoms with van der Waals surface area (Å²) in [7, 11) is 3.00. The van der Waals surface area contributed by atoms with Crippen LogP contribution in [0.4, 0.5) is 5.69 Å². The van der Waals surface area contributed by atoms with Crippen LogP contribution in [0.1, 0.15) is 15.9 Å². The molecule has 0 aliphatic carbocycles. The van der Waals surface area contributed by atoms with Crippen molar-refractivity contribution >= 4 is 11.6 Å². The van der Waals surface area contributed by atoms with E-state index in [-0.39, 0.29) is 5.91 Å². The zero-order valence-electron chi connectivity index (χ0n) is 8.57. The van der Waals surface area contributed by atoms with Crippen LogP contribution in [0, 0.1) is 6.92 Å². The Labute approximate surface area is 83.2 Å². The highest BCUT2D eigenvalue weighted by Gasteiger charge is 2.13. The number of carbonyl (C=O) groups excluding carboxylic acids is 1. The first kappa shape index (κ1) is 10.5. The standard InChI is InChI=1S/C10H14N2O2/c1-7-4-5-8(11)6-9(7)10(13)12(2)14-3/h4-6H,11H2,1-3H3. The van der Waals surface area contributed by atoms with Crippen molar-refractivity contribution in [1.29, 1.82) is 0 Å². The van der Waals surface area contributed by atoms with E-state index in [4.69, 9.17) is 10.6 Å². The maximum atomic E-state index is 11.7. The van der Waals surface area contributed by atoms with Crippen LogP contribution in [0.25, 0.3) is 0 Å². The van der Waals surface area contributed by atoms with Gasteiger partial charge >= 0.3 is 0 Å². The quantitative estimate of drug-likeness (QED) is 0.568. The average molecular weight is 194 g/mol. The lowest BCUT2D eigenvalue weighted by Crippen LogP contribution is -2.26. The van der Waals surface area contributed by atoms with E-state index < -0.39 is 0 Å². The van der Waals surface area contributed by atoms with Crippen LogP contribution in [-0.4, -0.2) is 25.1 Å². The summed E-state index contributed by atoms with van der Waals surface area (Å²) in [6.07, 6.45) is 0. The van der Waals surface area contributed by atoms with Crippen LogP contribution in [0.15, 0.2) is 18.2 Å². The summed E-state index contributed by atoms with van der Waals surface area (Å²) < 4.78 is 0. The lowest BCUT2D eigenvalue weighted by Gasteiger charge is -2.15. The van der Waals surface area contributed by atoms with Gasteiger partial charge in [-0.15, -0.1) is 0 Å². The average Bonchev–Trinajstić information content (AvgIpc) is 2.19. The molecule has 0 fully saturated rings. The van der Waals surface area contributed by atoms with Gasteiger partial charge in [0.25, 0.3) is 5.91 Å². The fraction of sp³-hybridized carbons (Fsp3) is 0.300. The van der Waals surface area contributed by atoms with Gasteiger partial charge in [-0.05, 0) is 24.6 Å². The molecule has 1 rings (SSSR count). The summed E-state index contributed by atoms with van der Waals surface area (Å²) in [6.45, 7) is 1.86. The molecule has 1 aromatic rings. The van der Waals surface area contributed by atoms with Gasteiger partial charge < -0.3 is 5.73 Å². The summed E-state index contributed by atoms with van der Waals surface area (Å²) in [5.74, 6) is -0.197. The van der Waals surface area contributed by atoms with Crippen LogP contribution in [0.5, 0.6) is 0 Å². The molecule has 0 atom stereocenters. The molecule has 0 saturated heterocycles. The summed E-state index contributed by atoms with van der Waals surface area (Å²) in [5, 5.41) is 1.17. The van der Waals surface area contributed by atoms with E-state index in [9.17, 15) is 4.79 Å². The lowest BCUT2D eigenvalue weighted by atomic mass is 10.1. The van der Waals surface area contributed by atoms with Crippen LogP contribution < -0.4 is 5.73 Å². The highest BCUT2D eigenvalue weighted by molar-refractivity contribution is 5.95. The molecule has 0 unspecified atom stereocenters. The van der Waals surface area contributed by atoms with Gasteiger partial charge in [0.05, 0.1) is 7.11 Å². The first-order valence-corrected chi connectivity index (χ1v) is 4.24. The second-order valence-corrected chi connectivity index (χ2v) is 3.06. The number of nitrogen functional groups attached to an aromatic ring is 1. The predicted molar refractivity (Wildman–Crippen MR) is 54.7 cm³/mol. The zero-order valence-corrected chi connectivity index (χ0v) is 8.57. The maximum Gasteiger partial charge on any atom is 0.277 e. The Kier molecular flexibility index (Phi) is 3.09. The molecule has 4 heteroatoms. The molecule has 0 aliphatic heterocycles. The smallest absolute Gasteiger partial charge is 0.277 e. The van der Waals surface area contributed by atoms with Crippen molar-refractivity contribution < 1.29 is 9.63 Å². The van der Waals surface area contributed by atoms with E-state index in [0.717, 1.165) is 5.56 Å². The highest BCUT2D eigenvalue weighted by Crippen LogP contribution is 2.14. The number of aryl methyl sites for hydroxylation is 1. The topological polar surface area (TPSA) is 55.6 Å². The van der Waals surface area contributed by atoms with Gasteiger partial charge in [-0.3, -0.25) is 9.63 Å². The van der Waals surface area contributed by atoms with Crippen LogP contribution in [0.3, 0.4) is 0 Å². The van der Waals surface area contributed by atoms with Crippen molar-refractivity contribution in [2.45, 2.75) is 6.92 Å². The number of hydrogen-bond acceptors (Lipinski definition) is 3. The molecule has 2 N–H and O–H groups in total. The molecule has 1 amide bonds. The van der Waals surface area contributed by atoms with Crippen molar-refractivity contribution in [3.8, 4) is 0 Å². The van der Waals surface area contributed by atoms with Crippen molar-refractivity contribution in [2.75, 3.05) is 19.9 Å². The van der Waals surface area contributed by atoms with Crippen molar-refractivity contribution in [2.24, 2.45) is 0 Å². The van der Waals surface area contributed by atoms with Gasteiger partial charge in [-0.25, -0.2) is 5.06 Å². The largest absolute Gasteiger partial charge is 0.399 e. The summed E-state index contributed by atoms with van der Waals surface area (Å²) >= 11 is 0. The first-order valence-electron chi connectivity index (χ1n) is 4.24. The van der Waals surface area contributed by atoms with Gasteiger partial charge in [-0.2, -0.15) is 0 Å². The summed E-state index contributed by atoms with van der Waals surface area (Å²) in [6, 6.07) is 5.22. The van der Waals surface area contributed by atoms with E-state index >= 15 is 0 Å². The number of benzene rings is 1. The number of carbonyl (C=O) groups is 1. The molecule has 0 saturated carbocycles. The molecular weight excluding hydrogens is 180 g/mol. The number of anilines is 1. The third-order valence-electron chi connectivity index (χ3n) is 2.05. The normalized spacial score (nSPS) is 9.93. The van der Waals surface area contributed by atoms with Crippen molar-refractivity contribution in [1.82, 2.24) is 5.06 Å². The Hall–Kier alpha value is -1.55. The van der Waals surface area contributed by atoms with E-state index in [1.54, 1.807) is 19.2 Å². The molecule has 0 heterocycles. The highest BCUT2D eigenvalue weighted by atomic mass is 16.7. The van der Waals surface area contributed by atoms with E-state index in [1.165, 1.54) is 12.2 Å². The molecule has 1 aromatic carbocycles. The molecule has 0 aliphatic rings. The Bertz CT molecular complexity index is 350. The molecule has 0 aromatic heterocycles. The van der Waals surface area contributed by atoms with Crippen molar-refractivity contribution in [3.63, 3.8) is 0 Å². The number of hydrogen-bond donors (Lipinski definition) is 1. The van der Waals surface area contributed by atoms with Crippen LogP contribution in [0.2, 0.25) is 0 Å². The van der Waals surface area contributed by atoms with Crippen LogP contribution in [-0.2, 0) is 4.84 Å². The first-order chi connectivity index (χ1) is 6.56. The minimum Gasteiger partial charge on any atom is -0.399 e. The summed E-state index contributed by atoms with van der Waals surface area (Å²) in [4.78, 5) is 16.5. The number of rotatable bonds is 2. The van der Waals surface area contributed by atoms with Gasteiger partial charge in [0, 0.05) is 18.3 Å². The summed E-state index contributed by atoms with van der Waals surface area (Å²) in [5.41, 5.74) is 7.61. The second-order valence-electron chi connectivity index (χ2n) is 3.06. The van der Waals surface area contributed by atoms with E-state index in [1.807, 2.05) is 13.0 Å². The number of nitrogens with two attached hydrogens (primary N) is 1. The van der Waals surface area contributed by atoms with Crippen molar-refractivity contribution in [3.05, 3.63) is 29.3 Å². The third kappa shape index (κ3) is 2.03. The molecule has 14 heavy (non-hydrogen) atoms. The fourth-order valence-electron chi connectivity index (χ4n) is 1.12. The van der Waals surface area contributed by atoms with E-state index in [0.29, 0.717) is 11.3 Å². The fourth-order valence-corrected chi connectivity index (χ4v) is 1.12. The predicted octanol–water partition coefficient (Wildman–Crippen LogP) is 1.21. The number of hydroxylamine groups is 2. The van der Waals surface area contributed by atoms with Crippen LogP contribution >= 0.6 is 0 Å². The molecule has 0 spiro atoms.